The van der Waals surface area contributed by atoms with E-state index in [2.05, 4.69) is 4.98 Å². The Balaban J connectivity index is 1.58. The van der Waals surface area contributed by atoms with Gasteiger partial charge in [0.1, 0.15) is 17.5 Å². The number of hydrogen-bond acceptors (Lipinski definition) is 5. The van der Waals surface area contributed by atoms with E-state index in [0.717, 1.165) is 18.5 Å². The first-order valence-corrected chi connectivity index (χ1v) is 10.6. The Morgan fingerprint density at radius 1 is 1.30 bits per heavy atom. The van der Waals surface area contributed by atoms with Gasteiger partial charge in [-0.3, -0.25) is 14.3 Å². The zero-order chi connectivity index (χ0) is 22.2. The van der Waals surface area contributed by atoms with Crippen molar-refractivity contribution in [2.45, 2.75) is 78.1 Å². The monoisotopic (exact) mass is 419 g/mol. The number of piperidine rings is 1. The van der Waals surface area contributed by atoms with Gasteiger partial charge in [0.05, 0.1) is 18.4 Å². The van der Waals surface area contributed by atoms with E-state index in [0.29, 0.717) is 31.9 Å². The molecular formula is C21H33N5O4. The molecule has 166 valence electrons. The van der Waals surface area contributed by atoms with E-state index in [1.807, 2.05) is 18.7 Å². The highest BCUT2D eigenvalue weighted by atomic mass is 16.6. The number of likely N-dealkylation sites (tertiary alicyclic amines) is 1. The van der Waals surface area contributed by atoms with E-state index in [1.165, 1.54) is 4.90 Å². The minimum atomic E-state index is -0.611. The number of aryl methyl sites for hydroxylation is 1. The zero-order valence-corrected chi connectivity index (χ0v) is 18.8. The number of likely N-dealkylation sites (N-methyl/N-ethyl adjacent to an activating group) is 1. The van der Waals surface area contributed by atoms with Crippen molar-refractivity contribution in [1.82, 2.24) is 24.3 Å². The molecule has 9 nitrogen and oxygen atoms in total. The fourth-order valence-electron chi connectivity index (χ4n) is 4.20. The van der Waals surface area contributed by atoms with Gasteiger partial charge in [-0.1, -0.05) is 6.92 Å². The normalized spacial score (nSPS) is 18.4. The average molecular weight is 420 g/mol. The van der Waals surface area contributed by atoms with Gasteiger partial charge in [0, 0.05) is 26.2 Å². The lowest BCUT2D eigenvalue weighted by atomic mass is 10.0. The Hall–Kier alpha value is -2.58. The predicted octanol–water partition coefficient (Wildman–Crippen LogP) is 2.61. The van der Waals surface area contributed by atoms with Gasteiger partial charge in [-0.15, -0.1) is 0 Å². The second-order valence-corrected chi connectivity index (χ2v) is 9.11. The van der Waals surface area contributed by atoms with Crippen molar-refractivity contribution >= 4 is 18.0 Å². The molecule has 0 N–H and O–H groups in total. The average Bonchev–Trinajstić information content (AvgIpc) is 3.21. The molecule has 3 amide bonds. The molecule has 1 fully saturated rings. The number of hydrogen-bond donors (Lipinski definition) is 0. The minimum Gasteiger partial charge on any atom is -0.444 e. The van der Waals surface area contributed by atoms with Gasteiger partial charge < -0.3 is 14.5 Å². The van der Waals surface area contributed by atoms with Crippen molar-refractivity contribution in [3.8, 4) is 0 Å². The summed E-state index contributed by atoms with van der Waals surface area (Å²) in [5, 5.41) is 0. The SMILES string of the molecule is CCC(C(=O)N1CCC(N2Cc3cnc(C)n3C2=O)CC1)N(C)C(=O)OC(C)(C)C. The molecule has 1 atom stereocenters. The molecule has 0 bridgehead atoms. The van der Waals surface area contributed by atoms with E-state index >= 15 is 0 Å². The van der Waals surface area contributed by atoms with Crippen LogP contribution in [0, 0.1) is 6.92 Å². The summed E-state index contributed by atoms with van der Waals surface area (Å²) < 4.78 is 7.08. The quantitative estimate of drug-likeness (QED) is 0.749. The Morgan fingerprint density at radius 2 is 1.93 bits per heavy atom. The number of rotatable bonds is 4. The van der Waals surface area contributed by atoms with Gasteiger partial charge in [-0.05, 0) is 47.0 Å². The summed E-state index contributed by atoms with van der Waals surface area (Å²) >= 11 is 0. The van der Waals surface area contributed by atoms with Crippen LogP contribution in [0.1, 0.15) is 58.5 Å². The number of nitrogens with zero attached hydrogens (tertiary/aromatic N) is 5. The molecule has 1 aromatic rings. The number of carbonyl (C=O) groups excluding carboxylic acids is 3. The van der Waals surface area contributed by atoms with Gasteiger partial charge in [0.25, 0.3) is 0 Å². The Morgan fingerprint density at radius 3 is 2.47 bits per heavy atom. The molecule has 2 aliphatic heterocycles. The van der Waals surface area contributed by atoms with Gasteiger partial charge in [0.2, 0.25) is 5.91 Å². The smallest absolute Gasteiger partial charge is 0.410 e. The van der Waals surface area contributed by atoms with Crippen LogP contribution in [0.2, 0.25) is 0 Å². The van der Waals surface area contributed by atoms with E-state index < -0.39 is 17.7 Å². The maximum Gasteiger partial charge on any atom is 0.410 e. The third-order valence-electron chi connectivity index (χ3n) is 5.82. The molecule has 0 aliphatic carbocycles. The van der Waals surface area contributed by atoms with Crippen molar-refractivity contribution in [3.63, 3.8) is 0 Å². The van der Waals surface area contributed by atoms with E-state index in [4.69, 9.17) is 4.74 Å². The molecular weight excluding hydrogens is 386 g/mol. The molecule has 30 heavy (non-hydrogen) atoms. The highest BCUT2D eigenvalue weighted by molar-refractivity contribution is 5.86. The van der Waals surface area contributed by atoms with E-state index in [9.17, 15) is 14.4 Å². The van der Waals surface area contributed by atoms with Crippen molar-refractivity contribution < 1.29 is 19.1 Å². The lowest BCUT2D eigenvalue weighted by Crippen LogP contribution is -2.54. The van der Waals surface area contributed by atoms with Crippen molar-refractivity contribution in [2.24, 2.45) is 0 Å². The van der Waals surface area contributed by atoms with Crippen LogP contribution in [0.4, 0.5) is 9.59 Å². The fourth-order valence-corrected chi connectivity index (χ4v) is 4.20. The Labute approximate surface area is 178 Å². The van der Waals surface area contributed by atoms with Gasteiger partial charge >= 0.3 is 12.1 Å². The van der Waals surface area contributed by atoms with Crippen LogP contribution in [0.5, 0.6) is 0 Å². The van der Waals surface area contributed by atoms with Crippen LogP contribution < -0.4 is 0 Å². The lowest BCUT2D eigenvalue weighted by Gasteiger charge is -2.39. The number of aromatic nitrogens is 2. The van der Waals surface area contributed by atoms with Crippen molar-refractivity contribution in [3.05, 3.63) is 17.7 Å². The molecule has 0 radical (unpaired) electrons. The van der Waals surface area contributed by atoms with Crippen LogP contribution in [0.15, 0.2) is 6.20 Å². The first-order chi connectivity index (χ1) is 14.0. The number of fused-ring (bicyclic) bond motifs is 1. The second-order valence-electron chi connectivity index (χ2n) is 9.11. The van der Waals surface area contributed by atoms with Crippen LogP contribution >= 0.6 is 0 Å². The number of amides is 3. The van der Waals surface area contributed by atoms with Crippen molar-refractivity contribution in [2.75, 3.05) is 20.1 Å². The summed E-state index contributed by atoms with van der Waals surface area (Å²) in [5.74, 6) is 0.643. The van der Waals surface area contributed by atoms with E-state index in [-0.39, 0.29) is 18.0 Å². The number of carbonyl (C=O) groups is 3. The molecule has 3 heterocycles. The van der Waals surface area contributed by atoms with Crippen LogP contribution in [0.25, 0.3) is 0 Å². The largest absolute Gasteiger partial charge is 0.444 e. The third kappa shape index (κ3) is 4.29. The van der Waals surface area contributed by atoms with Crippen LogP contribution in [0.3, 0.4) is 0 Å². The molecule has 0 saturated carbocycles. The van der Waals surface area contributed by atoms with E-state index in [1.54, 1.807) is 43.5 Å². The zero-order valence-electron chi connectivity index (χ0n) is 18.8. The summed E-state index contributed by atoms with van der Waals surface area (Å²) in [5.41, 5.74) is 0.307. The molecule has 3 rings (SSSR count). The number of ether oxygens (including phenoxy) is 1. The molecule has 2 aliphatic rings. The van der Waals surface area contributed by atoms with Crippen LogP contribution in [-0.2, 0) is 16.1 Å². The maximum atomic E-state index is 13.1. The highest BCUT2D eigenvalue weighted by Gasteiger charge is 2.38. The number of imidazole rings is 1. The molecule has 9 heteroatoms. The maximum absolute atomic E-state index is 13.1. The predicted molar refractivity (Wildman–Crippen MR) is 111 cm³/mol. The standard InChI is InChI=1S/C21H33N5O4/c1-7-17(23(6)20(29)30-21(3,4)5)18(27)24-10-8-15(9-11-24)25-13-16-12-22-14(2)26(16)19(25)28/h12,15,17H,7-11,13H2,1-6H3. The summed E-state index contributed by atoms with van der Waals surface area (Å²) in [6.45, 7) is 10.8. The van der Waals surface area contributed by atoms with Crippen LogP contribution in [-0.4, -0.2) is 80.1 Å². The van der Waals surface area contributed by atoms with Gasteiger partial charge in [-0.25, -0.2) is 14.6 Å². The molecule has 1 saturated heterocycles. The fraction of sp³-hybridized carbons (Fsp3) is 0.714. The second kappa shape index (κ2) is 8.28. The lowest BCUT2D eigenvalue weighted by molar-refractivity contribution is -0.138. The molecule has 0 aromatic carbocycles. The summed E-state index contributed by atoms with van der Waals surface area (Å²) in [6, 6.07) is -0.482. The van der Waals surface area contributed by atoms with Gasteiger partial charge in [-0.2, -0.15) is 0 Å². The summed E-state index contributed by atoms with van der Waals surface area (Å²) in [7, 11) is 1.61. The first-order valence-electron chi connectivity index (χ1n) is 10.6. The van der Waals surface area contributed by atoms with Gasteiger partial charge in [0.15, 0.2) is 0 Å². The summed E-state index contributed by atoms with van der Waals surface area (Å²) in [6.07, 6.45) is 3.22. The minimum absolute atomic E-state index is 0.0270. The Bertz CT molecular complexity index is 820. The first kappa shape index (κ1) is 22.1. The summed E-state index contributed by atoms with van der Waals surface area (Å²) in [4.78, 5) is 47.5. The molecule has 1 unspecified atom stereocenters. The molecule has 1 aromatic heterocycles. The third-order valence-corrected chi connectivity index (χ3v) is 5.82. The topological polar surface area (TPSA) is 88.0 Å². The highest BCUT2D eigenvalue weighted by Crippen LogP contribution is 2.26. The molecule has 0 spiro atoms. The van der Waals surface area contributed by atoms with Crippen molar-refractivity contribution in [1.29, 1.82) is 0 Å². The Kier molecular flexibility index (Phi) is 6.10.